The molecule has 1 aliphatic rings. The lowest BCUT2D eigenvalue weighted by Crippen LogP contribution is -2.64. The topological polar surface area (TPSA) is 29.5 Å². The molecule has 0 spiro atoms. The van der Waals surface area contributed by atoms with Crippen LogP contribution in [-0.2, 0) is 9.53 Å². The second-order valence-corrected chi connectivity index (χ2v) is 16.6. The van der Waals surface area contributed by atoms with Gasteiger partial charge in [-0.3, -0.25) is 4.79 Å². The summed E-state index contributed by atoms with van der Waals surface area (Å²) >= 11 is 0. The Hall–Kier alpha value is -0.136. The van der Waals surface area contributed by atoms with E-state index in [-0.39, 0.29) is 12.2 Å². The van der Waals surface area contributed by atoms with Gasteiger partial charge in [-0.2, -0.15) is 0 Å². The molecule has 16 heavy (non-hydrogen) atoms. The Bertz CT molecular complexity index is 254. The van der Waals surface area contributed by atoms with E-state index in [1.807, 2.05) is 0 Å². The lowest BCUT2D eigenvalue weighted by Gasteiger charge is -2.48. The lowest BCUT2D eigenvalue weighted by molar-refractivity contribution is -0.158. The van der Waals surface area contributed by atoms with Crippen molar-refractivity contribution in [1.82, 2.24) is 4.23 Å². The van der Waals surface area contributed by atoms with Gasteiger partial charge in [0.25, 0.3) is 0 Å². The second-order valence-electron chi connectivity index (χ2n) is 6.55. The Morgan fingerprint density at radius 2 is 1.62 bits per heavy atom. The summed E-state index contributed by atoms with van der Waals surface area (Å²) in [6.07, 6.45) is 2.65. The number of nitrogens with zero attached hydrogens (tertiary/aromatic N) is 1. The van der Waals surface area contributed by atoms with Crippen LogP contribution >= 0.6 is 0 Å². The Kier molecular flexibility index (Phi) is 4.02. The number of ether oxygens (including phenoxy) is 1. The quantitative estimate of drug-likeness (QED) is 0.576. The van der Waals surface area contributed by atoms with Crippen LogP contribution in [0.25, 0.3) is 0 Å². The van der Waals surface area contributed by atoms with Crippen molar-refractivity contribution >= 4 is 22.4 Å². The third-order valence-electron chi connectivity index (χ3n) is 2.83. The van der Waals surface area contributed by atoms with Gasteiger partial charge in [0.2, 0.25) is 0 Å². The van der Waals surface area contributed by atoms with E-state index < -0.39 is 16.5 Å². The highest BCUT2D eigenvalue weighted by molar-refractivity contribution is 6.89. The summed E-state index contributed by atoms with van der Waals surface area (Å²) in [7, 11) is -2.84. The van der Waals surface area contributed by atoms with Crippen molar-refractivity contribution in [2.24, 2.45) is 0 Å². The molecule has 0 radical (unpaired) electrons. The highest BCUT2D eigenvalue weighted by Gasteiger charge is 2.41. The van der Waals surface area contributed by atoms with Gasteiger partial charge in [-0.25, -0.2) is 0 Å². The van der Waals surface area contributed by atoms with Crippen LogP contribution in [0.15, 0.2) is 0 Å². The molecule has 0 saturated carbocycles. The normalized spacial score (nSPS) is 23.4. The number of cyclic esters (lactones) is 1. The summed E-state index contributed by atoms with van der Waals surface area (Å²) in [5.41, 5.74) is 0. The number of rotatable bonds is 3. The van der Waals surface area contributed by atoms with Gasteiger partial charge in [-0.05, 0) is 12.8 Å². The molecule has 0 N–H and O–H groups in total. The molecule has 1 rings (SSSR count). The van der Waals surface area contributed by atoms with Crippen molar-refractivity contribution in [3.63, 3.8) is 0 Å². The highest BCUT2D eigenvalue weighted by atomic mass is 28.4. The molecule has 0 aromatic carbocycles. The summed E-state index contributed by atoms with van der Waals surface area (Å²) < 4.78 is 8.14. The largest absolute Gasteiger partial charge is 0.448 e. The van der Waals surface area contributed by atoms with Crippen LogP contribution in [0.5, 0.6) is 0 Å². The number of carbonyl (C=O) groups is 1. The van der Waals surface area contributed by atoms with E-state index in [9.17, 15) is 4.79 Å². The predicted octanol–water partition coefficient (Wildman–Crippen LogP) is 3.01. The first kappa shape index (κ1) is 13.9. The zero-order valence-electron chi connectivity index (χ0n) is 11.5. The number of hydrogen-bond acceptors (Lipinski definition) is 3. The van der Waals surface area contributed by atoms with Crippen LogP contribution in [0.1, 0.15) is 19.3 Å². The second kappa shape index (κ2) is 4.62. The van der Waals surface area contributed by atoms with E-state index in [1.54, 1.807) is 0 Å². The first-order chi connectivity index (χ1) is 7.12. The van der Waals surface area contributed by atoms with E-state index >= 15 is 0 Å². The van der Waals surface area contributed by atoms with Gasteiger partial charge in [-0.1, -0.05) is 39.3 Å². The minimum Gasteiger partial charge on any atom is -0.448 e. The Balaban J connectivity index is 2.89. The fourth-order valence-electron chi connectivity index (χ4n) is 2.74. The fraction of sp³-hybridized carbons (Fsp3) is 0.909. The van der Waals surface area contributed by atoms with Gasteiger partial charge in [0.1, 0.15) is 22.7 Å². The maximum Gasteiger partial charge on any atom is 0.307 e. The van der Waals surface area contributed by atoms with Crippen LogP contribution in [-0.4, -0.2) is 32.9 Å². The minimum atomic E-state index is -1.42. The summed E-state index contributed by atoms with van der Waals surface area (Å²) in [6, 6.07) is 0. The molecule has 1 saturated heterocycles. The molecule has 0 amide bonds. The van der Waals surface area contributed by atoms with E-state index in [4.69, 9.17) is 4.74 Å². The summed E-state index contributed by atoms with van der Waals surface area (Å²) in [5, 5.41) is 0. The van der Waals surface area contributed by atoms with Gasteiger partial charge in [-0.15, -0.1) is 0 Å². The smallest absolute Gasteiger partial charge is 0.307 e. The molecule has 3 nitrogen and oxygen atoms in total. The molecule has 5 heteroatoms. The van der Waals surface area contributed by atoms with Crippen LogP contribution in [0.3, 0.4) is 0 Å². The molecule has 0 aliphatic carbocycles. The third-order valence-corrected chi connectivity index (χ3v) is 10.3. The van der Waals surface area contributed by atoms with E-state index in [0.29, 0.717) is 6.42 Å². The van der Waals surface area contributed by atoms with Gasteiger partial charge >= 0.3 is 5.97 Å². The molecular formula is C11H25NO2Si2. The fourth-order valence-corrected chi connectivity index (χ4v) is 12.9. The molecule has 1 heterocycles. The predicted molar refractivity (Wildman–Crippen MR) is 72.3 cm³/mol. The molecule has 1 atom stereocenters. The average molecular weight is 259 g/mol. The van der Waals surface area contributed by atoms with Crippen molar-refractivity contribution in [2.45, 2.75) is 64.8 Å². The van der Waals surface area contributed by atoms with Gasteiger partial charge < -0.3 is 8.97 Å². The Labute approximate surface area is 101 Å². The maximum atomic E-state index is 11.4. The van der Waals surface area contributed by atoms with Crippen molar-refractivity contribution in [3.05, 3.63) is 0 Å². The molecule has 0 bridgehead atoms. The SMILES string of the molecule is C[Si](C)(C)N(C1CCCC(=O)O1)[Si](C)(C)C. The average Bonchev–Trinajstić information content (AvgIpc) is 1.97. The maximum absolute atomic E-state index is 11.4. The summed E-state index contributed by atoms with van der Waals surface area (Å²) in [6.45, 7) is 14.0. The molecular weight excluding hydrogens is 234 g/mol. The monoisotopic (exact) mass is 259 g/mol. The minimum absolute atomic E-state index is 0.0160. The number of carbonyl (C=O) groups excluding carboxylic acids is 1. The lowest BCUT2D eigenvalue weighted by atomic mass is 10.2. The summed E-state index contributed by atoms with van der Waals surface area (Å²) in [4.78, 5) is 11.4. The van der Waals surface area contributed by atoms with Crippen molar-refractivity contribution < 1.29 is 9.53 Å². The van der Waals surface area contributed by atoms with E-state index in [1.165, 1.54) is 0 Å². The first-order valence-corrected chi connectivity index (χ1v) is 13.0. The number of esters is 1. The van der Waals surface area contributed by atoms with Crippen LogP contribution in [0.2, 0.25) is 39.3 Å². The third kappa shape index (κ3) is 3.43. The van der Waals surface area contributed by atoms with E-state index in [2.05, 4.69) is 43.5 Å². The molecule has 0 aromatic heterocycles. The molecule has 1 unspecified atom stereocenters. The molecule has 0 aromatic rings. The highest BCUT2D eigenvalue weighted by Crippen LogP contribution is 2.28. The van der Waals surface area contributed by atoms with Gasteiger partial charge in [0.15, 0.2) is 0 Å². The standard InChI is InChI=1S/C11H25NO2Si2/c1-15(2,3)12(16(4,5)6)10-8-7-9-11(13)14-10/h10H,7-9H2,1-6H3. The zero-order valence-corrected chi connectivity index (χ0v) is 13.5. The summed E-state index contributed by atoms with van der Waals surface area (Å²) in [5.74, 6) is -0.0160. The number of hydrogen-bond donors (Lipinski definition) is 0. The van der Waals surface area contributed by atoms with Crippen LogP contribution in [0, 0.1) is 0 Å². The van der Waals surface area contributed by atoms with Crippen LogP contribution in [0.4, 0.5) is 0 Å². The Morgan fingerprint density at radius 3 is 2.00 bits per heavy atom. The van der Waals surface area contributed by atoms with Gasteiger partial charge in [0.05, 0.1) is 0 Å². The molecule has 1 fully saturated rings. The van der Waals surface area contributed by atoms with Crippen molar-refractivity contribution in [1.29, 1.82) is 0 Å². The van der Waals surface area contributed by atoms with Crippen molar-refractivity contribution in [3.8, 4) is 0 Å². The van der Waals surface area contributed by atoms with E-state index in [0.717, 1.165) is 12.8 Å². The van der Waals surface area contributed by atoms with Gasteiger partial charge in [0, 0.05) is 6.42 Å². The van der Waals surface area contributed by atoms with Crippen molar-refractivity contribution in [2.75, 3.05) is 0 Å². The first-order valence-electron chi connectivity index (χ1n) is 6.11. The zero-order chi connectivity index (χ0) is 12.6. The molecule has 1 aliphatic heterocycles. The molecule has 94 valence electrons. The Morgan fingerprint density at radius 1 is 1.12 bits per heavy atom. The van der Waals surface area contributed by atoms with Crippen LogP contribution < -0.4 is 0 Å².